The van der Waals surface area contributed by atoms with Gasteiger partial charge in [-0.15, -0.1) is 0 Å². The van der Waals surface area contributed by atoms with Crippen LogP contribution in [-0.2, 0) is 11.0 Å². The molecule has 0 bridgehead atoms. The maximum atomic E-state index is 12.6. The molecule has 0 N–H and O–H groups in total. The summed E-state index contributed by atoms with van der Waals surface area (Å²) in [5.41, 5.74) is 1.93. The summed E-state index contributed by atoms with van der Waals surface area (Å²) in [5, 5.41) is 4.00. The molecule has 0 fully saturated rings. The predicted molar refractivity (Wildman–Crippen MR) is 149 cm³/mol. The Morgan fingerprint density at radius 1 is 0.722 bits per heavy atom. The number of halogens is 1. The quantitative estimate of drug-likeness (QED) is 0.152. The molecule has 0 atom stereocenters. The SMILES string of the molecule is CC(=O)N(c1ccccc1)c1nc(C[P+](c2ccccc2)(c2ccccc2)c2ccccc2)c[se]1.[I-]. The summed E-state index contributed by atoms with van der Waals surface area (Å²) in [5.74, 6) is -0.0123. The van der Waals surface area contributed by atoms with Gasteiger partial charge in [0, 0.05) is 0 Å². The Labute approximate surface area is 236 Å². The van der Waals surface area contributed by atoms with Gasteiger partial charge in [-0.1, -0.05) is 0 Å². The summed E-state index contributed by atoms with van der Waals surface area (Å²) in [6.45, 7) is 1.61. The van der Waals surface area contributed by atoms with Crippen molar-refractivity contribution in [2.24, 2.45) is 0 Å². The van der Waals surface area contributed by atoms with E-state index in [9.17, 15) is 4.79 Å². The van der Waals surface area contributed by atoms with Crippen molar-refractivity contribution in [1.82, 2.24) is 4.98 Å². The number of amides is 1. The first-order valence-corrected chi connectivity index (χ1v) is 15.4. The number of anilines is 2. The predicted octanol–water partition coefficient (Wildman–Crippen LogP) is 2.32. The van der Waals surface area contributed by atoms with Crippen LogP contribution in [0, 0.1) is 0 Å². The van der Waals surface area contributed by atoms with Gasteiger partial charge >= 0.3 is 214 Å². The minimum Gasteiger partial charge on any atom is -1.00 e. The second-order valence-corrected chi connectivity index (χ2v) is 13.5. The van der Waals surface area contributed by atoms with Crippen LogP contribution < -0.4 is 44.8 Å². The molecule has 0 spiro atoms. The second kappa shape index (κ2) is 12.1. The van der Waals surface area contributed by atoms with E-state index in [1.54, 1.807) is 11.8 Å². The summed E-state index contributed by atoms with van der Waals surface area (Å²) in [6, 6.07) is 42.3. The molecule has 0 radical (unpaired) electrons. The van der Waals surface area contributed by atoms with Gasteiger partial charge in [0.25, 0.3) is 0 Å². The molecule has 1 heterocycles. The second-order valence-electron chi connectivity index (χ2n) is 8.29. The van der Waals surface area contributed by atoms with Crippen molar-refractivity contribution in [3.8, 4) is 0 Å². The van der Waals surface area contributed by atoms with Crippen LogP contribution >= 0.6 is 7.26 Å². The van der Waals surface area contributed by atoms with Crippen LogP contribution in [0.2, 0.25) is 0 Å². The van der Waals surface area contributed by atoms with Crippen molar-refractivity contribution in [1.29, 1.82) is 0 Å². The third-order valence-electron chi connectivity index (χ3n) is 6.05. The molecular weight excluding hydrogens is 641 g/mol. The molecule has 1 aromatic heterocycles. The monoisotopic (exact) mass is 668 g/mol. The fourth-order valence-corrected chi connectivity index (χ4v) is 10.8. The molecule has 0 aliphatic rings. The number of carbonyl (C=O) groups excluding carboxylic acids is 1. The molecule has 0 unspecified atom stereocenters. The van der Waals surface area contributed by atoms with Gasteiger partial charge in [-0.25, -0.2) is 0 Å². The molecule has 180 valence electrons. The van der Waals surface area contributed by atoms with Crippen molar-refractivity contribution in [3.05, 3.63) is 132 Å². The van der Waals surface area contributed by atoms with E-state index in [0.29, 0.717) is 0 Å². The van der Waals surface area contributed by atoms with Gasteiger partial charge in [-0.05, 0) is 0 Å². The van der Waals surface area contributed by atoms with Crippen molar-refractivity contribution < 1.29 is 28.8 Å². The number of para-hydroxylation sites is 1. The molecule has 1 amide bonds. The number of nitrogens with zero attached hydrogens (tertiary/aromatic N) is 2. The summed E-state index contributed by atoms with van der Waals surface area (Å²) in [4.78, 5) is 21.7. The number of rotatable bonds is 7. The average Bonchev–Trinajstić information content (AvgIpc) is 3.37. The number of carbonyl (C=O) groups is 1. The maximum Gasteiger partial charge on any atom is -1.00 e. The van der Waals surface area contributed by atoms with Crippen molar-refractivity contribution in [2.45, 2.75) is 13.1 Å². The molecule has 0 aliphatic carbocycles. The van der Waals surface area contributed by atoms with Gasteiger partial charge in [-0.2, -0.15) is 0 Å². The Morgan fingerprint density at radius 2 is 1.14 bits per heavy atom. The Kier molecular flexibility index (Phi) is 8.92. The Hall–Kier alpha value is -2.56. The fourth-order valence-electron chi connectivity index (χ4n) is 4.49. The fraction of sp³-hybridized carbons (Fsp3) is 0.0667. The Balaban J connectivity index is 0.00000304. The number of hydrogen-bond donors (Lipinski definition) is 0. The zero-order valence-corrected chi connectivity index (χ0v) is 24.6. The van der Waals surface area contributed by atoms with Crippen molar-refractivity contribution >= 4 is 54.0 Å². The van der Waals surface area contributed by atoms with Gasteiger partial charge in [0.1, 0.15) is 0 Å². The van der Waals surface area contributed by atoms with Gasteiger partial charge in [0.05, 0.1) is 0 Å². The average molecular weight is 667 g/mol. The normalized spacial score (nSPS) is 10.9. The molecule has 0 saturated carbocycles. The third kappa shape index (κ3) is 5.40. The third-order valence-corrected chi connectivity index (χ3v) is 12.2. The van der Waals surface area contributed by atoms with Crippen LogP contribution in [0.25, 0.3) is 0 Å². The van der Waals surface area contributed by atoms with E-state index in [2.05, 4.69) is 95.9 Å². The first kappa shape index (κ1) is 26.5. The summed E-state index contributed by atoms with van der Waals surface area (Å²) in [7, 11) is -2.02. The number of benzene rings is 4. The Morgan fingerprint density at radius 3 is 1.56 bits per heavy atom. The van der Waals surface area contributed by atoms with E-state index in [-0.39, 0.29) is 44.4 Å². The smallest absolute Gasteiger partial charge is 1.00 e. The maximum absolute atomic E-state index is 12.6. The minimum atomic E-state index is -2.02. The van der Waals surface area contributed by atoms with E-state index in [1.165, 1.54) is 15.9 Å². The van der Waals surface area contributed by atoms with E-state index >= 15 is 0 Å². The molecule has 3 nitrogen and oxygen atoms in total. The molecule has 6 heteroatoms. The molecule has 5 aromatic rings. The molecule has 36 heavy (non-hydrogen) atoms. The zero-order valence-electron chi connectivity index (χ0n) is 19.9. The molecule has 5 rings (SSSR count). The van der Waals surface area contributed by atoms with Crippen LogP contribution in [0.15, 0.2) is 126 Å². The molecule has 0 saturated heterocycles. The van der Waals surface area contributed by atoms with Crippen LogP contribution in [-0.4, -0.2) is 25.4 Å². The first-order chi connectivity index (χ1) is 17.2. The summed E-state index contributed by atoms with van der Waals surface area (Å²) in [6.07, 6.45) is 0.816. The van der Waals surface area contributed by atoms with E-state index in [1.807, 2.05) is 30.3 Å². The summed E-state index contributed by atoms with van der Waals surface area (Å²) >= 11 is -0.0173. The molecular formula is C30H26IN2OPSe. The topological polar surface area (TPSA) is 33.2 Å². The molecule has 4 aromatic carbocycles. The van der Waals surface area contributed by atoms with E-state index in [4.69, 9.17) is 4.98 Å². The first-order valence-electron chi connectivity index (χ1n) is 11.5. The van der Waals surface area contributed by atoms with Crippen LogP contribution in [0.4, 0.5) is 10.4 Å². The van der Waals surface area contributed by atoms with Gasteiger partial charge in [0.15, 0.2) is 0 Å². The number of hydrogen-bond acceptors (Lipinski definition) is 2. The van der Waals surface area contributed by atoms with Crippen molar-refractivity contribution in [3.63, 3.8) is 0 Å². The van der Waals surface area contributed by atoms with Gasteiger partial charge < -0.3 is 24.0 Å². The zero-order chi connectivity index (χ0) is 24.1. The van der Waals surface area contributed by atoms with Crippen LogP contribution in [0.5, 0.6) is 0 Å². The van der Waals surface area contributed by atoms with Gasteiger partial charge in [-0.3, -0.25) is 0 Å². The van der Waals surface area contributed by atoms with Crippen LogP contribution in [0.3, 0.4) is 0 Å². The van der Waals surface area contributed by atoms with Gasteiger partial charge in [0.2, 0.25) is 0 Å². The van der Waals surface area contributed by atoms with E-state index < -0.39 is 7.26 Å². The van der Waals surface area contributed by atoms with E-state index in [0.717, 1.165) is 22.2 Å². The largest absolute Gasteiger partial charge is 1.00 e. The minimum absolute atomic E-state index is 0. The number of aromatic nitrogens is 1. The Bertz CT molecular complexity index is 1300. The molecule has 0 aliphatic heterocycles. The van der Waals surface area contributed by atoms with Crippen LogP contribution in [0.1, 0.15) is 12.6 Å². The standard InChI is InChI=1S/C30H26N2OPSe.HI/c1-24(33)32(26-14-6-2-7-15-26)30-31-25(23-35-30)22-34(27-16-8-3-9-17-27,28-18-10-4-11-19-28)29-20-12-5-13-21-29;/h2-21,23H,22H2,1H3;1H/q+1;/p-1. The van der Waals surface area contributed by atoms with Crippen molar-refractivity contribution in [2.75, 3.05) is 4.90 Å². The summed E-state index contributed by atoms with van der Waals surface area (Å²) < 4.78 is 0.846.